The lowest BCUT2D eigenvalue weighted by atomic mass is 9.79. The standard InChI is InChI=1S/C17H21NO5/c1-4-22-17(19)8-6-13-12(3)23-16-7-5-11(2)9-14(16)15(13)10-18(20)21/h5-9,12-13,15H,4,10H2,1-3H3/b8-6+/t12-,13-,15+/m0/s1. The first kappa shape index (κ1) is 17.0. The molecule has 0 spiro atoms. The first-order chi connectivity index (χ1) is 10.9. The summed E-state index contributed by atoms with van der Waals surface area (Å²) < 4.78 is 10.8. The van der Waals surface area contributed by atoms with Crippen LogP contribution in [-0.4, -0.2) is 30.1 Å². The van der Waals surface area contributed by atoms with Crippen LogP contribution in [0.5, 0.6) is 5.75 Å². The Bertz CT molecular complexity index is 625. The number of rotatable bonds is 5. The molecular formula is C17H21NO5. The fraction of sp³-hybridized carbons (Fsp3) is 0.471. The molecule has 1 aliphatic rings. The Labute approximate surface area is 135 Å². The van der Waals surface area contributed by atoms with Gasteiger partial charge >= 0.3 is 5.97 Å². The van der Waals surface area contributed by atoms with Gasteiger partial charge in [0.1, 0.15) is 11.9 Å². The van der Waals surface area contributed by atoms with Crippen LogP contribution in [0.15, 0.2) is 30.4 Å². The summed E-state index contributed by atoms with van der Waals surface area (Å²) in [5.41, 5.74) is 1.83. The number of esters is 1. The van der Waals surface area contributed by atoms with Crippen LogP contribution in [0.25, 0.3) is 0 Å². The van der Waals surface area contributed by atoms with Gasteiger partial charge in [0.2, 0.25) is 6.54 Å². The van der Waals surface area contributed by atoms with Crippen LogP contribution in [0.4, 0.5) is 0 Å². The smallest absolute Gasteiger partial charge is 0.330 e. The molecule has 6 heteroatoms. The number of ether oxygens (including phenoxy) is 2. The van der Waals surface area contributed by atoms with Crippen molar-refractivity contribution in [2.45, 2.75) is 32.8 Å². The number of carbonyl (C=O) groups excluding carboxylic acids is 1. The van der Waals surface area contributed by atoms with Gasteiger partial charge in [0.05, 0.1) is 12.5 Å². The molecule has 1 aliphatic heterocycles. The normalized spacial score (nSPS) is 23.2. The Morgan fingerprint density at radius 1 is 1.48 bits per heavy atom. The largest absolute Gasteiger partial charge is 0.490 e. The average molecular weight is 319 g/mol. The van der Waals surface area contributed by atoms with Crippen molar-refractivity contribution >= 4 is 5.97 Å². The predicted molar refractivity (Wildman–Crippen MR) is 85.1 cm³/mol. The lowest BCUT2D eigenvalue weighted by molar-refractivity contribution is -0.485. The van der Waals surface area contributed by atoms with E-state index in [1.165, 1.54) is 6.08 Å². The van der Waals surface area contributed by atoms with Crippen LogP contribution in [0.1, 0.15) is 30.9 Å². The molecule has 0 aliphatic carbocycles. The highest BCUT2D eigenvalue weighted by Gasteiger charge is 2.37. The number of fused-ring (bicyclic) bond motifs is 1. The van der Waals surface area contributed by atoms with Gasteiger partial charge in [-0.2, -0.15) is 0 Å². The third kappa shape index (κ3) is 4.09. The molecule has 1 heterocycles. The first-order valence-electron chi connectivity index (χ1n) is 7.66. The molecule has 124 valence electrons. The number of hydrogen-bond acceptors (Lipinski definition) is 5. The average Bonchev–Trinajstić information content (AvgIpc) is 2.47. The molecule has 3 atom stereocenters. The third-order valence-electron chi connectivity index (χ3n) is 3.97. The summed E-state index contributed by atoms with van der Waals surface area (Å²) in [7, 11) is 0. The van der Waals surface area contributed by atoms with Crippen molar-refractivity contribution in [1.82, 2.24) is 0 Å². The zero-order chi connectivity index (χ0) is 17.0. The van der Waals surface area contributed by atoms with Gasteiger partial charge in [0, 0.05) is 22.5 Å². The monoisotopic (exact) mass is 319 g/mol. The highest BCUT2D eigenvalue weighted by atomic mass is 16.6. The fourth-order valence-corrected chi connectivity index (χ4v) is 2.93. The number of nitrogens with zero attached hydrogens (tertiary/aromatic N) is 1. The second-order valence-electron chi connectivity index (χ2n) is 5.67. The fourth-order valence-electron chi connectivity index (χ4n) is 2.93. The number of hydrogen-bond donors (Lipinski definition) is 0. The van der Waals surface area contributed by atoms with E-state index in [4.69, 9.17) is 9.47 Å². The van der Waals surface area contributed by atoms with E-state index in [1.807, 2.05) is 32.0 Å². The zero-order valence-electron chi connectivity index (χ0n) is 13.5. The summed E-state index contributed by atoms with van der Waals surface area (Å²) in [6.45, 7) is 5.61. The minimum Gasteiger partial charge on any atom is -0.490 e. The van der Waals surface area contributed by atoms with E-state index in [0.717, 1.165) is 11.1 Å². The van der Waals surface area contributed by atoms with Gasteiger partial charge < -0.3 is 9.47 Å². The lowest BCUT2D eigenvalue weighted by Crippen LogP contribution is -2.36. The molecule has 0 saturated carbocycles. The maximum absolute atomic E-state index is 11.5. The van der Waals surface area contributed by atoms with Gasteiger partial charge in [0.15, 0.2) is 0 Å². The molecule has 0 radical (unpaired) electrons. The van der Waals surface area contributed by atoms with Gasteiger partial charge in [0.25, 0.3) is 0 Å². The summed E-state index contributed by atoms with van der Waals surface area (Å²) >= 11 is 0. The Balaban J connectivity index is 2.35. The lowest BCUT2D eigenvalue weighted by Gasteiger charge is -2.35. The SMILES string of the molecule is CCOC(=O)/C=C/[C@H]1[C@H](C)Oc2ccc(C)cc2[C@@H]1C[N+](=O)[O-]. The topological polar surface area (TPSA) is 78.7 Å². The molecule has 0 fully saturated rings. The quantitative estimate of drug-likeness (QED) is 0.361. The molecular weight excluding hydrogens is 298 g/mol. The van der Waals surface area contributed by atoms with Gasteiger partial charge in [-0.05, 0) is 26.8 Å². The van der Waals surface area contributed by atoms with Gasteiger partial charge in [-0.15, -0.1) is 0 Å². The molecule has 0 unspecified atom stereocenters. The van der Waals surface area contributed by atoms with Crippen molar-refractivity contribution in [3.05, 3.63) is 51.6 Å². The van der Waals surface area contributed by atoms with Crippen LogP contribution in [0, 0.1) is 23.0 Å². The maximum Gasteiger partial charge on any atom is 0.330 e. The second kappa shape index (κ2) is 7.26. The molecule has 0 aromatic heterocycles. The Morgan fingerprint density at radius 3 is 2.87 bits per heavy atom. The van der Waals surface area contributed by atoms with Crippen molar-refractivity contribution < 1.29 is 19.2 Å². The van der Waals surface area contributed by atoms with E-state index in [1.54, 1.807) is 13.0 Å². The summed E-state index contributed by atoms with van der Waals surface area (Å²) in [6, 6.07) is 5.68. The van der Waals surface area contributed by atoms with E-state index in [2.05, 4.69) is 0 Å². The van der Waals surface area contributed by atoms with Gasteiger partial charge in [-0.3, -0.25) is 10.1 Å². The minimum atomic E-state index is -0.449. The first-order valence-corrected chi connectivity index (χ1v) is 7.66. The van der Waals surface area contributed by atoms with Crippen molar-refractivity contribution in [3.63, 3.8) is 0 Å². The van der Waals surface area contributed by atoms with Crippen LogP contribution >= 0.6 is 0 Å². The van der Waals surface area contributed by atoms with E-state index >= 15 is 0 Å². The molecule has 0 N–H and O–H groups in total. The van der Waals surface area contributed by atoms with Gasteiger partial charge in [-0.1, -0.05) is 23.8 Å². The van der Waals surface area contributed by atoms with Crippen LogP contribution in [0.2, 0.25) is 0 Å². The molecule has 0 saturated heterocycles. The molecule has 2 rings (SSSR count). The number of aryl methyl sites for hydroxylation is 1. The van der Waals surface area contributed by atoms with Crippen LogP contribution in [-0.2, 0) is 9.53 Å². The minimum absolute atomic E-state index is 0.206. The molecule has 6 nitrogen and oxygen atoms in total. The van der Waals surface area contributed by atoms with Crippen molar-refractivity contribution in [2.24, 2.45) is 5.92 Å². The van der Waals surface area contributed by atoms with Crippen molar-refractivity contribution in [1.29, 1.82) is 0 Å². The van der Waals surface area contributed by atoms with Crippen molar-refractivity contribution in [3.8, 4) is 5.75 Å². The van der Waals surface area contributed by atoms with E-state index in [9.17, 15) is 14.9 Å². The van der Waals surface area contributed by atoms with Crippen LogP contribution in [0.3, 0.4) is 0 Å². The maximum atomic E-state index is 11.5. The van der Waals surface area contributed by atoms with E-state index in [-0.39, 0.29) is 29.4 Å². The number of carbonyl (C=O) groups is 1. The molecule has 0 amide bonds. The van der Waals surface area contributed by atoms with Crippen molar-refractivity contribution in [2.75, 3.05) is 13.2 Å². The summed E-state index contributed by atoms with van der Waals surface area (Å²) in [6.07, 6.45) is 2.74. The Hall–Kier alpha value is -2.37. The summed E-state index contributed by atoms with van der Waals surface area (Å²) in [4.78, 5) is 22.3. The second-order valence-corrected chi connectivity index (χ2v) is 5.67. The van der Waals surface area contributed by atoms with E-state index < -0.39 is 5.97 Å². The third-order valence-corrected chi connectivity index (χ3v) is 3.97. The molecule has 23 heavy (non-hydrogen) atoms. The Morgan fingerprint density at radius 2 is 2.22 bits per heavy atom. The highest BCUT2D eigenvalue weighted by Crippen LogP contribution is 2.41. The summed E-state index contributed by atoms with van der Waals surface area (Å²) in [5, 5.41) is 11.1. The Kier molecular flexibility index (Phi) is 5.36. The molecule has 1 aromatic carbocycles. The number of nitro groups is 1. The summed E-state index contributed by atoms with van der Waals surface area (Å²) in [5.74, 6) is -0.376. The van der Waals surface area contributed by atoms with Gasteiger partial charge in [-0.25, -0.2) is 4.79 Å². The number of benzene rings is 1. The molecule has 0 bridgehead atoms. The highest BCUT2D eigenvalue weighted by molar-refractivity contribution is 5.81. The zero-order valence-corrected chi connectivity index (χ0v) is 13.5. The van der Waals surface area contributed by atoms with E-state index in [0.29, 0.717) is 12.4 Å². The predicted octanol–water partition coefficient (Wildman–Crippen LogP) is 2.87. The molecule has 1 aromatic rings. The van der Waals surface area contributed by atoms with Crippen LogP contribution < -0.4 is 4.74 Å².